The number of hydrogen-bond acceptors (Lipinski definition) is 10. The van der Waals surface area contributed by atoms with E-state index >= 15 is 0 Å². The van der Waals surface area contributed by atoms with Gasteiger partial charge < -0.3 is 50.2 Å². The third-order valence-corrected chi connectivity index (χ3v) is 19.2. The Labute approximate surface area is 562 Å². The fraction of sp³-hybridized carbons (Fsp3) is 0.400. The number of anilines is 4. The van der Waals surface area contributed by atoms with E-state index in [-0.39, 0.29) is 45.3 Å². The average Bonchev–Trinajstić information content (AvgIpc) is 1.54. The molecule has 16 nitrogen and oxygen atoms in total. The maximum Gasteiger partial charge on any atom is 0.253 e. The van der Waals surface area contributed by atoms with Gasteiger partial charge in [0.15, 0.2) is 0 Å². The smallest absolute Gasteiger partial charge is 0.253 e. The summed E-state index contributed by atoms with van der Waals surface area (Å²) in [4.78, 5) is 77.5. The molecule has 6 aliphatic heterocycles. The number of ether oxygens (including phenoxy) is 4. The van der Waals surface area contributed by atoms with Gasteiger partial charge in [-0.1, -0.05) is 132 Å². The molecule has 3 aromatic heterocycles. The number of carbonyl (C=O) groups is 4. The topological polar surface area (TPSA) is 211 Å². The number of aromatic nitrogens is 4. The molecule has 0 saturated carbocycles. The molecule has 6 aliphatic rings. The van der Waals surface area contributed by atoms with E-state index in [0.717, 1.165) is 81.2 Å². The summed E-state index contributed by atoms with van der Waals surface area (Å²) in [5.41, 5.74) is 16.1. The summed E-state index contributed by atoms with van der Waals surface area (Å²) < 4.78 is 24.0. The molecule has 4 fully saturated rings. The normalized spacial score (nSPS) is 18.9. The number of nitrogens with zero attached hydrogens (tertiary/aromatic N) is 2. The van der Waals surface area contributed by atoms with Crippen molar-refractivity contribution in [2.75, 3.05) is 47.7 Å². The van der Waals surface area contributed by atoms with Gasteiger partial charge in [-0.05, 0) is 179 Å². The van der Waals surface area contributed by atoms with E-state index in [1.54, 1.807) is 0 Å². The van der Waals surface area contributed by atoms with E-state index in [1.165, 1.54) is 0 Å². The van der Waals surface area contributed by atoms with Crippen LogP contribution in [-0.4, -0.2) is 94.4 Å². The van der Waals surface area contributed by atoms with Gasteiger partial charge >= 0.3 is 0 Å². The van der Waals surface area contributed by atoms with Crippen LogP contribution >= 0.6 is 0 Å². The Morgan fingerprint density at radius 1 is 0.354 bits per heavy atom. The maximum absolute atomic E-state index is 14.5. The zero-order valence-corrected chi connectivity index (χ0v) is 57.5. The zero-order chi connectivity index (χ0) is 67.6. The molecule has 13 rings (SSSR count). The van der Waals surface area contributed by atoms with Gasteiger partial charge in [0.25, 0.3) is 23.6 Å². The molecular formula is C80H90N8O8. The van der Waals surface area contributed by atoms with Crippen molar-refractivity contribution in [3.63, 3.8) is 0 Å². The number of H-pyrrole nitrogens is 2. The number of amides is 4. The first-order valence-corrected chi connectivity index (χ1v) is 34.2. The Kier molecular flexibility index (Phi) is 17.8. The number of fused-ring (bicyclic) bond motifs is 8. The zero-order valence-electron chi connectivity index (χ0n) is 57.5. The maximum atomic E-state index is 14.5. The van der Waals surface area contributed by atoms with E-state index in [1.807, 2.05) is 72.8 Å². The molecule has 4 amide bonds. The second-order valence-corrected chi connectivity index (χ2v) is 30.5. The van der Waals surface area contributed by atoms with Gasteiger partial charge in [-0.15, -0.1) is 0 Å². The van der Waals surface area contributed by atoms with Gasteiger partial charge in [0.1, 0.15) is 24.4 Å². The number of rotatable bonds is 12. The number of carbonyl (C=O) groups excluding carboxylic acids is 4. The number of nitrogens with one attached hydrogen (secondary N) is 6. The number of hydrogen-bond donors (Lipinski definition) is 6. The molecule has 96 heavy (non-hydrogen) atoms. The molecule has 7 aromatic rings. The fourth-order valence-corrected chi connectivity index (χ4v) is 13.7. The lowest BCUT2D eigenvalue weighted by atomic mass is 9.78. The van der Waals surface area contributed by atoms with Gasteiger partial charge in [-0.2, -0.15) is 0 Å². The first-order valence-electron chi connectivity index (χ1n) is 34.2. The standard InChI is InChI=1S/C80H90N8O8/c1-77(2,3)47-39-45(40-48(43-47)78(4,5)6)67-55-27-31-59(81-55)71(69-51(85-73(89)63-23-15-35-93-63)19-13-20-52(69)86-74(90)64-24-16-36-94-64)61-33-29-57(83-61)68(46-41-49(79(7,8)9)44-50(42-46)80(10,11)12)58-30-34-62(84-58)72(60-32-28-56(67)82-60)70-53(87-75(91)65-25-17-37-95-65)21-14-22-54(70)88-76(92)66-26-18-38-96-66/h13-14,19-22,27-34,39-44,63-66,81,84H,15-18,23-26,35-38H2,1-12H3,(H,85,89)(H,86,90)(H,87,91)(H,88,92). The van der Waals surface area contributed by atoms with Crippen molar-refractivity contribution in [3.8, 4) is 44.5 Å². The third-order valence-electron chi connectivity index (χ3n) is 19.2. The summed E-state index contributed by atoms with van der Waals surface area (Å²) in [6.07, 6.45) is 10.8. The summed E-state index contributed by atoms with van der Waals surface area (Å²) in [5.74, 6) is -1.15. The van der Waals surface area contributed by atoms with Crippen LogP contribution in [0.3, 0.4) is 0 Å². The van der Waals surface area contributed by atoms with E-state index in [2.05, 4.69) is 163 Å². The third kappa shape index (κ3) is 13.5. The second-order valence-electron chi connectivity index (χ2n) is 30.5. The lowest BCUT2D eigenvalue weighted by Crippen LogP contribution is -2.28. The van der Waals surface area contributed by atoms with Crippen LogP contribution in [0.2, 0.25) is 0 Å². The molecular weight excluding hydrogens is 1200 g/mol. The highest BCUT2D eigenvalue weighted by atomic mass is 16.5. The van der Waals surface area contributed by atoms with Crippen LogP contribution in [0.1, 0.15) is 179 Å². The Bertz CT molecular complexity index is 4030. The van der Waals surface area contributed by atoms with Crippen molar-refractivity contribution in [1.82, 2.24) is 19.9 Å². The molecule has 0 aliphatic carbocycles. The van der Waals surface area contributed by atoms with Crippen molar-refractivity contribution in [2.24, 2.45) is 0 Å². The van der Waals surface area contributed by atoms with Gasteiger partial charge in [0.05, 0.1) is 45.5 Å². The minimum absolute atomic E-state index is 0.267. The highest BCUT2D eigenvalue weighted by Gasteiger charge is 2.34. The van der Waals surface area contributed by atoms with E-state index in [0.29, 0.717) is 131 Å². The second kappa shape index (κ2) is 26.0. The van der Waals surface area contributed by atoms with Crippen LogP contribution < -0.4 is 21.3 Å². The lowest BCUT2D eigenvalue weighted by molar-refractivity contribution is -0.125. The summed E-state index contributed by atoms with van der Waals surface area (Å²) >= 11 is 0. The Balaban J connectivity index is 1.20. The highest BCUT2D eigenvalue weighted by molar-refractivity contribution is 6.12. The molecule has 4 atom stereocenters. The molecule has 4 unspecified atom stereocenters. The highest BCUT2D eigenvalue weighted by Crippen LogP contribution is 2.47. The minimum atomic E-state index is -0.662. The molecule has 0 spiro atoms. The summed E-state index contributed by atoms with van der Waals surface area (Å²) in [6.45, 7) is 28.6. The fourth-order valence-electron chi connectivity index (χ4n) is 13.7. The Morgan fingerprint density at radius 3 is 0.844 bits per heavy atom. The molecule has 16 heteroatoms. The average molecular weight is 1290 g/mol. The quantitative estimate of drug-likeness (QED) is 0.0681. The van der Waals surface area contributed by atoms with E-state index < -0.39 is 24.4 Å². The van der Waals surface area contributed by atoms with Crippen LogP contribution in [0.4, 0.5) is 22.7 Å². The van der Waals surface area contributed by atoms with Crippen molar-refractivity contribution < 1.29 is 38.1 Å². The van der Waals surface area contributed by atoms with Crippen LogP contribution in [0.15, 0.2) is 97.1 Å². The lowest BCUT2D eigenvalue weighted by Gasteiger charge is -2.26. The molecule has 8 bridgehead atoms. The predicted octanol–water partition coefficient (Wildman–Crippen LogP) is 17.0. The first-order chi connectivity index (χ1) is 45.7. The first kappa shape index (κ1) is 65.8. The molecule has 498 valence electrons. The molecule has 6 N–H and O–H groups in total. The largest absolute Gasteiger partial charge is 0.368 e. The van der Waals surface area contributed by atoms with Crippen molar-refractivity contribution >= 4 is 92.7 Å². The monoisotopic (exact) mass is 1290 g/mol. The van der Waals surface area contributed by atoms with Crippen LogP contribution in [0, 0.1) is 0 Å². The summed E-state index contributed by atoms with van der Waals surface area (Å²) in [6, 6.07) is 33.0. The predicted molar refractivity (Wildman–Crippen MR) is 386 cm³/mol. The number of benzene rings is 4. The van der Waals surface area contributed by atoms with E-state index in [4.69, 9.17) is 28.9 Å². The Hall–Kier alpha value is -8.80. The van der Waals surface area contributed by atoms with Crippen LogP contribution in [0.25, 0.3) is 90.9 Å². The van der Waals surface area contributed by atoms with E-state index in [9.17, 15) is 19.2 Å². The SMILES string of the molecule is CC(C)(C)c1cc(-c2c3nc(c(-c4c(NC(=O)C5CCCO5)cccc4NC(=O)C4CCCO4)c4ccc([nH]4)c(-c4cc(C(C)(C)C)cc(C(C)(C)C)c4)c4nc(c(-c5c(NC(=O)C6CCCO6)cccc5NC(=O)C5CCCO5)c5ccc2[nH]5)C=C4)C=C3)cc(C(C)(C)C)c1. The van der Waals surface area contributed by atoms with Gasteiger partial charge in [0.2, 0.25) is 0 Å². The van der Waals surface area contributed by atoms with Crippen LogP contribution in [0.5, 0.6) is 0 Å². The number of aromatic amines is 2. The van der Waals surface area contributed by atoms with Crippen molar-refractivity contribution in [1.29, 1.82) is 0 Å². The molecule has 9 heterocycles. The summed E-state index contributed by atoms with van der Waals surface area (Å²) in [5, 5.41) is 13.1. The molecule has 4 saturated heterocycles. The van der Waals surface area contributed by atoms with Gasteiger partial charge in [-0.3, -0.25) is 19.2 Å². The minimum Gasteiger partial charge on any atom is -0.368 e. The van der Waals surface area contributed by atoms with Crippen LogP contribution in [-0.2, 0) is 59.8 Å². The molecule has 0 radical (unpaired) electrons. The summed E-state index contributed by atoms with van der Waals surface area (Å²) in [7, 11) is 0. The van der Waals surface area contributed by atoms with Crippen molar-refractivity contribution in [3.05, 3.63) is 142 Å². The molecule has 4 aromatic carbocycles. The Morgan fingerprint density at radius 2 is 0.604 bits per heavy atom. The van der Waals surface area contributed by atoms with Crippen molar-refractivity contribution in [2.45, 2.75) is 181 Å². The van der Waals surface area contributed by atoms with Gasteiger partial charge in [0, 0.05) is 81.9 Å². The van der Waals surface area contributed by atoms with Gasteiger partial charge in [-0.25, -0.2) is 9.97 Å².